The molecule has 0 fully saturated rings. The fourth-order valence-electron chi connectivity index (χ4n) is 1.51. The highest BCUT2D eigenvalue weighted by molar-refractivity contribution is 6.30. The van der Waals surface area contributed by atoms with Gasteiger partial charge in [0.2, 0.25) is 0 Å². The molecule has 0 aromatic heterocycles. The standard InChI is InChI=1S/C14H14ClNO/c1-16-13-5-7-14(8-6-13)17-10-11-3-2-4-12(15)9-11/h2-9,16H,10H2,1H3. The van der Waals surface area contributed by atoms with Crippen LogP contribution in [0, 0.1) is 0 Å². The summed E-state index contributed by atoms with van der Waals surface area (Å²) in [5, 5.41) is 3.80. The molecule has 2 aromatic carbocycles. The fourth-order valence-corrected chi connectivity index (χ4v) is 1.72. The van der Waals surface area contributed by atoms with E-state index in [0.29, 0.717) is 6.61 Å². The molecule has 0 amide bonds. The van der Waals surface area contributed by atoms with Gasteiger partial charge in [-0.25, -0.2) is 0 Å². The molecular weight excluding hydrogens is 234 g/mol. The van der Waals surface area contributed by atoms with Crippen molar-refractivity contribution in [3.05, 3.63) is 59.1 Å². The number of hydrogen-bond acceptors (Lipinski definition) is 2. The predicted octanol–water partition coefficient (Wildman–Crippen LogP) is 3.96. The first-order chi connectivity index (χ1) is 8.28. The summed E-state index contributed by atoms with van der Waals surface area (Å²) in [7, 11) is 1.89. The van der Waals surface area contributed by atoms with Gasteiger partial charge in [-0.1, -0.05) is 23.7 Å². The lowest BCUT2D eigenvalue weighted by Crippen LogP contribution is -1.95. The summed E-state index contributed by atoms with van der Waals surface area (Å²) in [5.74, 6) is 0.851. The topological polar surface area (TPSA) is 21.3 Å². The predicted molar refractivity (Wildman–Crippen MR) is 71.8 cm³/mol. The second kappa shape index (κ2) is 5.60. The van der Waals surface area contributed by atoms with Crippen molar-refractivity contribution in [2.75, 3.05) is 12.4 Å². The third-order valence-corrected chi connectivity index (χ3v) is 2.67. The summed E-state index contributed by atoms with van der Waals surface area (Å²) in [6.07, 6.45) is 0. The monoisotopic (exact) mass is 247 g/mol. The average molecular weight is 248 g/mol. The van der Waals surface area contributed by atoms with Gasteiger partial charge in [-0.2, -0.15) is 0 Å². The molecule has 0 aliphatic heterocycles. The number of anilines is 1. The van der Waals surface area contributed by atoms with E-state index in [2.05, 4.69) is 5.32 Å². The maximum absolute atomic E-state index is 5.90. The van der Waals surface area contributed by atoms with E-state index >= 15 is 0 Å². The minimum absolute atomic E-state index is 0.527. The molecule has 0 saturated carbocycles. The summed E-state index contributed by atoms with van der Waals surface area (Å²) >= 11 is 5.90. The number of nitrogens with one attached hydrogen (secondary N) is 1. The summed E-state index contributed by atoms with van der Waals surface area (Å²) in [6.45, 7) is 0.527. The molecule has 0 aliphatic rings. The van der Waals surface area contributed by atoms with Crippen LogP contribution in [0.4, 0.5) is 5.69 Å². The Morgan fingerprint density at radius 3 is 2.53 bits per heavy atom. The zero-order chi connectivity index (χ0) is 12.1. The van der Waals surface area contributed by atoms with Crippen molar-refractivity contribution in [2.45, 2.75) is 6.61 Å². The van der Waals surface area contributed by atoms with E-state index in [9.17, 15) is 0 Å². The first-order valence-electron chi connectivity index (χ1n) is 5.43. The number of rotatable bonds is 4. The van der Waals surface area contributed by atoms with Crippen molar-refractivity contribution in [3.8, 4) is 5.75 Å². The molecule has 0 radical (unpaired) electrons. The molecule has 88 valence electrons. The van der Waals surface area contributed by atoms with Crippen LogP contribution in [0.3, 0.4) is 0 Å². The number of hydrogen-bond donors (Lipinski definition) is 1. The largest absolute Gasteiger partial charge is 0.489 e. The molecule has 0 heterocycles. The summed E-state index contributed by atoms with van der Waals surface area (Å²) in [4.78, 5) is 0. The Morgan fingerprint density at radius 2 is 1.88 bits per heavy atom. The lowest BCUT2D eigenvalue weighted by atomic mass is 10.2. The first kappa shape index (κ1) is 11.8. The van der Waals surface area contributed by atoms with Gasteiger partial charge in [-0.15, -0.1) is 0 Å². The third kappa shape index (κ3) is 3.40. The Hall–Kier alpha value is -1.67. The Bertz CT molecular complexity index is 482. The van der Waals surface area contributed by atoms with Crippen molar-refractivity contribution in [3.63, 3.8) is 0 Å². The maximum Gasteiger partial charge on any atom is 0.119 e. The van der Waals surface area contributed by atoms with E-state index < -0.39 is 0 Å². The Balaban J connectivity index is 1.97. The molecule has 17 heavy (non-hydrogen) atoms. The quantitative estimate of drug-likeness (QED) is 0.883. The highest BCUT2D eigenvalue weighted by atomic mass is 35.5. The van der Waals surface area contributed by atoms with Gasteiger partial charge in [0.15, 0.2) is 0 Å². The average Bonchev–Trinajstić information content (AvgIpc) is 2.37. The summed E-state index contributed by atoms with van der Waals surface area (Å²) in [6, 6.07) is 15.5. The van der Waals surface area contributed by atoms with Crippen molar-refractivity contribution < 1.29 is 4.74 Å². The minimum Gasteiger partial charge on any atom is -0.489 e. The molecule has 0 bridgehead atoms. The molecule has 0 atom stereocenters. The third-order valence-electron chi connectivity index (χ3n) is 2.44. The summed E-state index contributed by atoms with van der Waals surface area (Å²) < 4.78 is 5.66. The smallest absolute Gasteiger partial charge is 0.119 e. The Kier molecular flexibility index (Phi) is 3.89. The molecule has 0 unspecified atom stereocenters. The van der Waals surface area contributed by atoms with E-state index in [0.717, 1.165) is 22.0 Å². The molecule has 0 aliphatic carbocycles. The van der Waals surface area contributed by atoms with Gasteiger partial charge in [0.05, 0.1) is 0 Å². The Labute approximate surface area is 106 Å². The molecule has 0 spiro atoms. The highest BCUT2D eigenvalue weighted by Crippen LogP contribution is 2.17. The van der Waals surface area contributed by atoms with Gasteiger partial charge >= 0.3 is 0 Å². The molecule has 3 heteroatoms. The van der Waals surface area contributed by atoms with Gasteiger partial charge in [0.1, 0.15) is 12.4 Å². The van der Waals surface area contributed by atoms with Gasteiger partial charge in [-0.3, -0.25) is 0 Å². The van der Waals surface area contributed by atoms with Gasteiger partial charge in [-0.05, 0) is 42.0 Å². The summed E-state index contributed by atoms with van der Waals surface area (Å²) in [5.41, 5.74) is 2.13. The first-order valence-corrected chi connectivity index (χ1v) is 5.81. The van der Waals surface area contributed by atoms with E-state index in [1.165, 1.54) is 0 Å². The van der Waals surface area contributed by atoms with E-state index in [4.69, 9.17) is 16.3 Å². The molecule has 2 nitrogen and oxygen atoms in total. The molecule has 1 N–H and O–H groups in total. The van der Waals surface area contributed by atoms with Gasteiger partial charge in [0.25, 0.3) is 0 Å². The minimum atomic E-state index is 0.527. The number of benzene rings is 2. The lowest BCUT2D eigenvalue weighted by molar-refractivity contribution is 0.306. The van der Waals surface area contributed by atoms with Crippen LogP contribution in [-0.4, -0.2) is 7.05 Å². The molecular formula is C14H14ClNO. The van der Waals surface area contributed by atoms with Crippen LogP contribution >= 0.6 is 11.6 Å². The molecule has 2 rings (SSSR count). The molecule has 2 aromatic rings. The second-order valence-corrected chi connectivity index (χ2v) is 4.13. The number of halogens is 1. The van der Waals surface area contributed by atoms with Crippen molar-refractivity contribution in [1.29, 1.82) is 0 Å². The van der Waals surface area contributed by atoms with Crippen molar-refractivity contribution in [1.82, 2.24) is 0 Å². The normalized spacial score (nSPS) is 10.0. The van der Waals surface area contributed by atoms with Crippen LogP contribution in [0.5, 0.6) is 5.75 Å². The van der Waals surface area contributed by atoms with Crippen LogP contribution in [0.25, 0.3) is 0 Å². The Morgan fingerprint density at radius 1 is 1.12 bits per heavy atom. The zero-order valence-corrected chi connectivity index (χ0v) is 10.4. The van der Waals surface area contributed by atoms with Crippen LogP contribution in [0.2, 0.25) is 5.02 Å². The fraction of sp³-hybridized carbons (Fsp3) is 0.143. The second-order valence-electron chi connectivity index (χ2n) is 3.69. The van der Waals surface area contributed by atoms with Crippen LogP contribution in [0.1, 0.15) is 5.56 Å². The van der Waals surface area contributed by atoms with Crippen LogP contribution < -0.4 is 10.1 Å². The van der Waals surface area contributed by atoms with Crippen molar-refractivity contribution in [2.24, 2.45) is 0 Å². The maximum atomic E-state index is 5.90. The highest BCUT2D eigenvalue weighted by Gasteiger charge is 1.97. The SMILES string of the molecule is CNc1ccc(OCc2cccc(Cl)c2)cc1. The van der Waals surface area contributed by atoms with E-state index in [1.807, 2.05) is 55.6 Å². The zero-order valence-electron chi connectivity index (χ0n) is 9.61. The van der Waals surface area contributed by atoms with Gasteiger partial charge < -0.3 is 10.1 Å². The van der Waals surface area contributed by atoms with Crippen LogP contribution in [-0.2, 0) is 6.61 Å². The number of ether oxygens (including phenoxy) is 1. The van der Waals surface area contributed by atoms with Gasteiger partial charge in [0, 0.05) is 17.8 Å². The van der Waals surface area contributed by atoms with E-state index in [1.54, 1.807) is 0 Å². The van der Waals surface area contributed by atoms with Crippen molar-refractivity contribution >= 4 is 17.3 Å². The van der Waals surface area contributed by atoms with E-state index in [-0.39, 0.29) is 0 Å². The van der Waals surface area contributed by atoms with Crippen LogP contribution in [0.15, 0.2) is 48.5 Å². The molecule has 0 saturated heterocycles. The lowest BCUT2D eigenvalue weighted by Gasteiger charge is -2.07.